The average molecular weight is 555 g/mol. The van der Waals surface area contributed by atoms with E-state index >= 15 is 0 Å². The Bertz CT molecular complexity index is 1780. The van der Waals surface area contributed by atoms with Gasteiger partial charge in [-0.2, -0.15) is 0 Å². The van der Waals surface area contributed by atoms with Gasteiger partial charge in [-0.1, -0.05) is 91.0 Å². The van der Waals surface area contributed by atoms with Gasteiger partial charge in [0.2, 0.25) is 5.91 Å². The van der Waals surface area contributed by atoms with Gasteiger partial charge < -0.3 is 14.6 Å². The molecule has 0 aliphatic heterocycles. The summed E-state index contributed by atoms with van der Waals surface area (Å²) in [5.74, 6) is 0.00694. The molecule has 0 aliphatic carbocycles. The number of anilines is 1. The van der Waals surface area contributed by atoms with Gasteiger partial charge in [-0.15, -0.1) is 0 Å². The molecule has 6 rings (SSSR count). The number of amides is 1. The summed E-state index contributed by atoms with van der Waals surface area (Å²) in [6.45, 7) is 1.17. The number of ether oxygens (including phenoxy) is 1. The van der Waals surface area contributed by atoms with E-state index in [0.29, 0.717) is 12.3 Å². The van der Waals surface area contributed by atoms with Crippen molar-refractivity contribution in [2.75, 3.05) is 5.32 Å². The summed E-state index contributed by atoms with van der Waals surface area (Å²) in [7, 11) is 0. The second-order valence-electron chi connectivity index (χ2n) is 10.4. The molecule has 1 aromatic heterocycles. The summed E-state index contributed by atoms with van der Waals surface area (Å²) < 4.78 is 21.9. The van der Waals surface area contributed by atoms with Crippen molar-refractivity contribution in [1.29, 1.82) is 0 Å². The number of hydrogen-bond donors (Lipinski definition) is 1. The van der Waals surface area contributed by atoms with E-state index in [1.54, 1.807) is 12.1 Å². The zero-order valence-electron chi connectivity index (χ0n) is 23.1. The molecule has 0 radical (unpaired) electrons. The largest absolute Gasteiger partial charge is 0.489 e. The lowest BCUT2D eigenvalue weighted by atomic mass is 9.88. The van der Waals surface area contributed by atoms with E-state index in [1.165, 1.54) is 17.7 Å². The highest BCUT2D eigenvalue weighted by molar-refractivity contribution is 5.93. The molecule has 0 aliphatic rings. The SMILES string of the molecule is O=C(CC(c1cccc(OCc2ccccc2)c1)c1cn(Cc2ccccc2)c2ccccc12)Nc1ccc(F)cc1. The van der Waals surface area contributed by atoms with Gasteiger partial charge in [0.05, 0.1) is 0 Å². The van der Waals surface area contributed by atoms with E-state index in [4.69, 9.17) is 4.74 Å². The number of rotatable bonds is 10. The van der Waals surface area contributed by atoms with Crippen LogP contribution in [0.5, 0.6) is 5.75 Å². The van der Waals surface area contributed by atoms with Gasteiger partial charge in [0.25, 0.3) is 0 Å². The molecule has 208 valence electrons. The number of nitrogens with one attached hydrogen (secondary N) is 1. The van der Waals surface area contributed by atoms with Crippen molar-refractivity contribution in [3.05, 3.63) is 168 Å². The van der Waals surface area contributed by atoms with Crippen LogP contribution in [0.25, 0.3) is 10.9 Å². The maximum absolute atomic E-state index is 13.5. The van der Waals surface area contributed by atoms with Gasteiger partial charge in [-0.3, -0.25) is 4.79 Å². The van der Waals surface area contributed by atoms with Crippen LogP contribution in [-0.2, 0) is 17.9 Å². The van der Waals surface area contributed by atoms with Crippen molar-refractivity contribution < 1.29 is 13.9 Å². The van der Waals surface area contributed by atoms with E-state index in [0.717, 1.165) is 39.9 Å². The number of carbonyl (C=O) groups is 1. The molecule has 1 atom stereocenters. The maximum atomic E-state index is 13.5. The fraction of sp³-hybridized carbons (Fsp3) is 0.108. The molecule has 0 saturated carbocycles. The van der Waals surface area contributed by atoms with Crippen molar-refractivity contribution in [2.24, 2.45) is 0 Å². The number of nitrogens with zero attached hydrogens (tertiary/aromatic N) is 1. The fourth-order valence-electron chi connectivity index (χ4n) is 5.36. The topological polar surface area (TPSA) is 43.3 Å². The Labute approximate surface area is 245 Å². The third-order valence-electron chi connectivity index (χ3n) is 7.42. The predicted octanol–water partition coefficient (Wildman–Crippen LogP) is 8.57. The number of aromatic nitrogens is 1. The summed E-state index contributed by atoms with van der Waals surface area (Å²) >= 11 is 0. The fourth-order valence-corrected chi connectivity index (χ4v) is 5.36. The van der Waals surface area contributed by atoms with Crippen molar-refractivity contribution in [1.82, 2.24) is 4.57 Å². The van der Waals surface area contributed by atoms with Gasteiger partial charge >= 0.3 is 0 Å². The number of para-hydroxylation sites is 1. The van der Waals surface area contributed by atoms with E-state index in [-0.39, 0.29) is 24.1 Å². The quantitative estimate of drug-likeness (QED) is 0.184. The van der Waals surface area contributed by atoms with E-state index in [1.807, 2.05) is 78.9 Å². The Kier molecular flexibility index (Phi) is 8.09. The summed E-state index contributed by atoms with van der Waals surface area (Å²) in [6, 6.07) is 42.6. The number of fused-ring (bicyclic) bond motifs is 1. The zero-order valence-corrected chi connectivity index (χ0v) is 23.1. The summed E-state index contributed by atoms with van der Waals surface area (Å²) in [5.41, 5.74) is 6.01. The highest BCUT2D eigenvalue weighted by atomic mass is 19.1. The molecular weight excluding hydrogens is 523 g/mol. The standard InChI is InChI=1S/C37H31FN2O2/c38-30-18-20-31(21-19-30)39-37(41)23-34(29-14-9-15-32(22-29)42-26-28-12-5-2-6-13-28)35-25-40(24-27-10-3-1-4-11-27)36-17-8-7-16-33(35)36/h1-22,25,34H,23-24,26H2,(H,39,41). The van der Waals surface area contributed by atoms with E-state index in [9.17, 15) is 9.18 Å². The average Bonchev–Trinajstić information content (AvgIpc) is 3.39. The van der Waals surface area contributed by atoms with Gasteiger partial charge in [0, 0.05) is 41.7 Å². The van der Waals surface area contributed by atoms with Gasteiger partial charge in [0.15, 0.2) is 0 Å². The molecule has 1 amide bonds. The summed E-state index contributed by atoms with van der Waals surface area (Å²) in [4.78, 5) is 13.4. The minimum Gasteiger partial charge on any atom is -0.489 e. The third-order valence-corrected chi connectivity index (χ3v) is 7.42. The minimum absolute atomic E-state index is 0.151. The lowest BCUT2D eigenvalue weighted by molar-refractivity contribution is -0.116. The second-order valence-corrected chi connectivity index (χ2v) is 10.4. The molecule has 1 N–H and O–H groups in total. The highest BCUT2D eigenvalue weighted by Gasteiger charge is 2.23. The van der Waals surface area contributed by atoms with Crippen molar-refractivity contribution in [2.45, 2.75) is 25.5 Å². The minimum atomic E-state index is -0.343. The van der Waals surface area contributed by atoms with Crippen LogP contribution < -0.4 is 10.1 Å². The Hall–Kier alpha value is -5.16. The predicted molar refractivity (Wildman–Crippen MR) is 166 cm³/mol. The molecule has 0 bridgehead atoms. The van der Waals surface area contributed by atoms with Crippen LogP contribution in [0.2, 0.25) is 0 Å². The summed E-state index contributed by atoms with van der Waals surface area (Å²) in [5, 5.41) is 4.05. The first-order valence-electron chi connectivity index (χ1n) is 14.1. The number of halogens is 1. The molecule has 0 saturated heterocycles. The highest BCUT2D eigenvalue weighted by Crippen LogP contribution is 2.36. The van der Waals surface area contributed by atoms with Crippen molar-refractivity contribution in [3.8, 4) is 5.75 Å². The van der Waals surface area contributed by atoms with Gasteiger partial charge in [0.1, 0.15) is 18.2 Å². The van der Waals surface area contributed by atoms with E-state index < -0.39 is 0 Å². The number of carbonyl (C=O) groups excluding carboxylic acids is 1. The molecule has 4 nitrogen and oxygen atoms in total. The van der Waals surface area contributed by atoms with Gasteiger partial charge in [-0.25, -0.2) is 4.39 Å². The normalized spacial score (nSPS) is 11.7. The molecule has 5 heteroatoms. The second kappa shape index (κ2) is 12.6. The molecule has 1 heterocycles. The van der Waals surface area contributed by atoms with Crippen LogP contribution in [-0.4, -0.2) is 10.5 Å². The van der Waals surface area contributed by atoms with Crippen LogP contribution in [0.4, 0.5) is 10.1 Å². The maximum Gasteiger partial charge on any atom is 0.225 e. The molecular formula is C37H31FN2O2. The number of hydrogen-bond acceptors (Lipinski definition) is 2. The lowest BCUT2D eigenvalue weighted by Crippen LogP contribution is -2.16. The number of benzene rings is 5. The Morgan fingerprint density at radius 2 is 1.45 bits per heavy atom. The summed E-state index contributed by atoms with van der Waals surface area (Å²) in [6.07, 6.45) is 2.38. The Morgan fingerprint density at radius 3 is 2.21 bits per heavy atom. The Balaban J connectivity index is 1.36. The lowest BCUT2D eigenvalue weighted by Gasteiger charge is -2.18. The third kappa shape index (κ3) is 6.42. The smallest absolute Gasteiger partial charge is 0.225 e. The Morgan fingerprint density at radius 1 is 0.762 bits per heavy atom. The van der Waals surface area contributed by atoms with Crippen LogP contribution in [0.1, 0.15) is 34.6 Å². The van der Waals surface area contributed by atoms with Crippen LogP contribution in [0.3, 0.4) is 0 Å². The van der Waals surface area contributed by atoms with Crippen LogP contribution in [0.15, 0.2) is 140 Å². The van der Waals surface area contributed by atoms with Gasteiger partial charge in [-0.05, 0) is 64.7 Å². The molecule has 6 aromatic rings. The monoisotopic (exact) mass is 554 g/mol. The van der Waals surface area contributed by atoms with Crippen molar-refractivity contribution in [3.63, 3.8) is 0 Å². The molecule has 0 fully saturated rings. The first-order valence-corrected chi connectivity index (χ1v) is 14.1. The zero-order chi connectivity index (χ0) is 28.7. The first kappa shape index (κ1) is 27.0. The molecule has 0 spiro atoms. The van der Waals surface area contributed by atoms with Crippen LogP contribution >= 0.6 is 0 Å². The van der Waals surface area contributed by atoms with E-state index in [2.05, 4.69) is 46.4 Å². The molecule has 5 aromatic carbocycles. The van der Waals surface area contributed by atoms with Crippen molar-refractivity contribution >= 4 is 22.5 Å². The van der Waals surface area contributed by atoms with Crippen LogP contribution in [0, 0.1) is 5.82 Å². The first-order chi connectivity index (χ1) is 20.6. The molecule has 42 heavy (non-hydrogen) atoms. The molecule has 1 unspecified atom stereocenters.